The van der Waals surface area contributed by atoms with Crippen molar-refractivity contribution in [3.63, 3.8) is 0 Å². The summed E-state index contributed by atoms with van der Waals surface area (Å²) < 4.78 is 0. The molecule has 0 aromatic heterocycles. The largest absolute Gasteiger partial charge is 0.502 e. The molecule has 2 aromatic rings. The Balaban J connectivity index is 2.47. The number of aldehydes is 1. The molecule has 0 aliphatic rings. The fourth-order valence-electron chi connectivity index (χ4n) is 1.60. The second kappa shape index (κ2) is 4.67. The first-order chi connectivity index (χ1) is 8.61. The number of rotatable bonds is 3. The number of carbonyl (C=O) groups excluding carboxylic acids is 1. The maximum Gasteiger partial charge on any atom is 0.311 e. The predicted molar refractivity (Wildman–Crippen MR) is 65.6 cm³/mol. The molecule has 0 heterocycles. The number of aromatic hydroxyl groups is 1. The lowest BCUT2D eigenvalue weighted by atomic mass is 10.0. The van der Waals surface area contributed by atoms with Gasteiger partial charge < -0.3 is 5.11 Å². The molecule has 0 fully saturated rings. The van der Waals surface area contributed by atoms with Crippen molar-refractivity contribution in [2.75, 3.05) is 0 Å². The highest BCUT2D eigenvalue weighted by Gasteiger charge is 2.14. The predicted octanol–water partition coefficient (Wildman–Crippen LogP) is 2.78. The van der Waals surface area contributed by atoms with Gasteiger partial charge in [0.05, 0.1) is 4.92 Å². The lowest BCUT2D eigenvalue weighted by Crippen LogP contribution is -1.89. The van der Waals surface area contributed by atoms with E-state index in [2.05, 4.69) is 0 Å². The molecule has 0 saturated carbocycles. The lowest BCUT2D eigenvalue weighted by molar-refractivity contribution is -0.385. The summed E-state index contributed by atoms with van der Waals surface area (Å²) in [4.78, 5) is 20.6. The molecule has 0 spiro atoms. The average molecular weight is 243 g/mol. The summed E-state index contributed by atoms with van der Waals surface area (Å²) in [7, 11) is 0. The van der Waals surface area contributed by atoms with Gasteiger partial charge in [0.1, 0.15) is 6.29 Å². The third kappa shape index (κ3) is 2.20. The van der Waals surface area contributed by atoms with Crippen LogP contribution in [-0.4, -0.2) is 16.3 Å². The van der Waals surface area contributed by atoms with Gasteiger partial charge in [-0.25, -0.2) is 0 Å². The fraction of sp³-hybridized carbons (Fsp3) is 0. The van der Waals surface area contributed by atoms with Crippen LogP contribution < -0.4 is 0 Å². The Morgan fingerprint density at radius 3 is 2.22 bits per heavy atom. The number of hydrogen-bond donors (Lipinski definition) is 1. The maximum atomic E-state index is 10.7. The summed E-state index contributed by atoms with van der Waals surface area (Å²) in [5.41, 5.74) is 1.54. The highest BCUT2D eigenvalue weighted by Crippen LogP contribution is 2.31. The summed E-state index contributed by atoms with van der Waals surface area (Å²) in [6, 6.07) is 10.8. The second-order valence-electron chi connectivity index (χ2n) is 3.70. The zero-order valence-corrected chi connectivity index (χ0v) is 9.24. The number of carbonyl (C=O) groups is 1. The quantitative estimate of drug-likeness (QED) is 0.510. The van der Waals surface area contributed by atoms with Crippen molar-refractivity contribution in [3.8, 4) is 16.9 Å². The molecule has 18 heavy (non-hydrogen) atoms. The third-order valence-electron chi connectivity index (χ3n) is 2.55. The van der Waals surface area contributed by atoms with Gasteiger partial charge in [0.15, 0.2) is 5.75 Å². The van der Waals surface area contributed by atoms with Gasteiger partial charge in [0, 0.05) is 11.6 Å². The van der Waals surface area contributed by atoms with Crippen LogP contribution in [0.3, 0.4) is 0 Å². The smallest absolute Gasteiger partial charge is 0.311 e. The van der Waals surface area contributed by atoms with Crippen molar-refractivity contribution in [2.24, 2.45) is 0 Å². The van der Waals surface area contributed by atoms with Gasteiger partial charge in [0.25, 0.3) is 0 Å². The summed E-state index contributed by atoms with van der Waals surface area (Å²) in [5.74, 6) is -0.367. The molecule has 0 aliphatic carbocycles. The normalized spacial score (nSPS) is 10.0. The van der Waals surface area contributed by atoms with Crippen molar-refractivity contribution in [1.29, 1.82) is 0 Å². The van der Waals surface area contributed by atoms with Crippen LogP contribution in [0.5, 0.6) is 5.75 Å². The van der Waals surface area contributed by atoms with Crippen LogP contribution in [0.1, 0.15) is 10.4 Å². The van der Waals surface area contributed by atoms with Crippen LogP contribution >= 0.6 is 0 Å². The number of phenols is 1. The summed E-state index contributed by atoms with van der Waals surface area (Å²) in [6.45, 7) is 0. The summed E-state index contributed by atoms with van der Waals surface area (Å²) in [5, 5.41) is 20.1. The van der Waals surface area contributed by atoms with Crippen molar-refractivity contribution in [1.82, 2.24) is 0 Å². The SMILES string of the molecule is O=Cc1ccc(-c2ccc(O)c([N+](=O)[O-])c2)cc1. The fourth-order valence-corrected chi connectivity index (χ4v) is 1.60. The number of nitro benzene ring substituents is 1. The average Bonchev–Trinajstić information content (AvgIpc) is 2.39. The van der Waals surface area contributed by atoms with Gasteiger partial charge in [-0.1, -0.05) is 30.3 Å². The zero-order valence-electron chi connectivity index (χ0n) is 9.24. The van der Waals surface area contributed by atoms with Crippen LogP contribution in [-0.2, 0) is 0 Å². The Morgan fingerprint density at radius 2 is 1.67 bits per heavy atom. The second-order valence-corrected chi connectivity index (χ2v) is 3.70. The van der Waals surface area contributed by atoms with E-state index in [4.69, 9.17) is 0 Å². The lowest BCUT2D eigenvalue weighted by Gasteiger charge is -2.03. The highest BCUT2D eigenvalue weighted by molar-refractivity contribution is 5.77. The van der Waals surface area contributed by atoms with Crippen molar-refractivity contribution >= 4 is 12.0 Å². The number of phenolic OH excluding ortho intramolecular Hbond substituents is 1. The molecule has 0 radical (unpaired) electrons. The Labute approximate surface area is 102 Å². The molecular weight excluding hydrogens is 234 g/mol. The molecule has 2 aromatic carbocycles. The number of nitro groups is 1. The van der Waals surface area contributed by atoms with Crippen LogP contribution in [0.2, 0.25) is 0 Å². The minimum Gasteiger partial charge on any atom is -0.502 e. The Bertz CT molecular complexity index is 605. The topological polar surface area (TPSA) is 80.4 Å². The number of benzene rings is 2. The van der Waals surface area contributed by atoms with Crippen LogP contribution in [0, 0.1) is 10.1 Å². The van der Waals surface area contributed by atoms with Gasteiger partial charge in [-0.2, -0.15) is 0 Å². The van der Waals surface area contributed by atoms with E-state index in [1.165, 1.54) is 12.1 Å². The summed E-state index contributed by atoms with van der Waals surface area (Å²) >= 11 is 0. The minimum absolute atomic E-state index is 0.341. The third-order valence-corrected chi connectivity index (χ3v) is 2.55. The zero-order chi connectivity index (χ0) is 13.1. The first kappa shape index (κ1) is 11.8. The van der Waals surface area contributed by atoms with E-state index in [9.17, 15) is 20.0 Å². The molecule has 0 bridgehead atoms. The minimum atomic E-state index is -0.640. The van der Waals surface area contributed by atoms with Crippen molar-refractivity contribution < 1.29 is 14.8 Å². The molecule has 0 amide bonds. The molecular formula is C13H9NO4. The van der Waals surface area contributed by atoms with Crippen molar-refractivity contribution in [2.45, 2.75) is 0 Å². The van der Waals surface area contributed by atoms with E-state index in [-0.39, 0.29) is 11.4 Å². The Hall–Kier alpha value is -2.69. The number of hydrogen-bond acceptors (Lipinski definition) is 4. The van der Waals surface area contributed by atoms with E-state index in [0.717, 1.165) is 11.8 Å². The Morgan fingerprint density at radius 1 is 1.06 bits per heavy atom. The van der Waals surface area contributed by atoms with Crippen molar-refractivity contribution in [3.05, 3.63) is 58.1 Å². The standard InChI is InChI=1S/C13H9NO4/c15-8-9-1-3-10(4-2-9)11-5-6-13(16)12(7-11)14(17)18/h1-8,16H. The monoisotopic (exact) mass is 243 g/mol. The molecule has 90 valence electrons. The highest BCUT2D eigenvalue weighted by atomic mass is 16.6. The van der Waals surface area contributed by atoms with Gasteiger partial charge in [-0.15, -0.1) is 0 Å². The van der Waals surface area contributed by atoms with E-state index in [0.29, 0.717) is 11.1 Å². The van der Waals surface area contributed by atoms with Gasteiger partial charge in [-0.05, 0) is 17.2 Å². The molecule has 5 nitrogen and oxygen atoms in total. The molecule has 0 atom stereocenters. The van der Waals surface area contributed by atoms with Crippen LogP contribution in [0.4, 0.5) is 5.69 Å². The summed E-state index contributed by atoms with van der Waals surface area (Å²) in [6.07, 6.45) is 0.725. The Kier molecular flexibility index (Phi) is 3.05. The molecule has 0 saturated heterocycles. The molecule has 1 N–H and O–H groups in total. The maximum absolute atomic E-state index is 10.7. The number of nitrogens with zero attached hydrogens (tertiary/aromatic N) is 1. The van der Waals surface area contributed by atoms with Gasteiger partial charge in [0.2, 0.25) is 0 Å². The van der Waals surface area contributed by atoms with Gasteiger partial charge >= 0.3 is 5.69 Å². The van der Waals surface area contributed by atoms with Crippen LogP contribution in [0.25, 0.3) is 11.1 Å². The molecule has 0 unspecified atom stereocenters. The molecule has 5 heteroatoms. The van der Waals surface area contributed by atoms with Gasteiger partial charge in [-0.3, -0.25) is 14.9 Å². The molecule has 0 aliphatic heterocycles. The molecule has 2 rings (SSSR count). The van der Waals surface area contributed by atoms with Crippen LogP contribution in [0.15, 0.2) is 42.5 Å². The van der Waals surface area contributed by atoms with E-state index in [1.54, 1.807) is 30.3 Å². The van der Waals surface area contributed by atoms with E-state index < -0.39 is 4.92 Å². The van der Waals surface area contributed by atoms with E-state index in [1.807, 2.05) is 0 Å². The first-order valence-electron chi connectivity index (χ1n) is 5.15. The first-order valence-corrected chi connectivity index (χ1v) is 5.15. The van der Waals surface area contributed by atoms with E-state index >= 15 is 0 Å².